The number of likely N-dealkylation sites (N-methyl/N-ethyl adjacent to an activating group) is 1. The van der Waals surface area contributed by atoms with Crippen LogP contribution in [0.25, 0.3) is 11.0 Å². The predicted octanol–water partition coefficient (Wildman–Crippen LogP) is 4.66. The normalized spacial score (nSPS) is 23.5. The van der Waals surface area contributed by atoms with Crippen LogP contribution in [0.2, 0.25) is 0 Å². The van der Waals surface area contributed by atoms with Gasteiger partial charge in [-0.1, -0.05) is 18.2 Å². The molecule has 0 radical (unpaired) electrons. The first-order valence-corrected chi connectivity index (χ1v) is 11.4. The Hall–Kier alpha value is -2.44. The number of piperazine rings is 1. The first-order chi connectivity index (χ1) is 15.0. The lowest BCUT2D eigenvalue weighted by Crippen LogP contribution is -2.44. The van der Waals surface area contributed by atoms with E-state index < -0.39 is 0 Å². The van der Waals surface area contributed by atoms with Gasteiger partial charge in [0.15, 0.2) is 0 Å². The molecule has 0 aliphatic carbocycles. The van der Waals surface area contributed by atoms with Gasteiger partial charge in [-0.2, -0.15) is 0 Å². The summed E-state index contributed by atoms with van der Waals surface area (Å²) < 4.78 is 14.7. The van der Waals surface area contributed by atoms with Crippen LogP contribution in [0, 0.1) is 12.7 Å². The maximum Gasteiger partial charge on any atom is 0.128 e. The number of aromatic amines is 1. The van der Waals surface area contributed by atoms with Crippen LogP contribution in [0.1, 0.15) is 48.3 Å². The van der Waals surface area contributed by atoms with Crippen LogP contribution in [0.5, 0.6) is 0 Å². The van der Waals surface area contributed by atoms with Gasteiger partial charge in [-0.25, -0.2) is 9.37 Å². The predicted molar refractivity (Wildman–Crippen MR) is 124 cm³/mol. The van der Waals surface area contributed by atoms with E-state index in [9.17, 15) is 4.39 Å². The van der Waals surface area contributed by atoms with E-state index in [1.54, 1.807) is 12.1 Å². The largest absolute Gasteiger partial charge is 0.367 e. The molecule has 3 aromatic rings. The molecule has 0 saturated carbocycles. The summed E-state index contributed by atoms with van der Waals surface area (Å²) in [6.07, 6.45) is 3.07. The Kier molecular flexibility index (Phi) is 5.44. The lowest BCUT2D eigenvalue weighted by molar-refractivity contribution is 0.107. The van der Waals surface area contributed by atoms with Crippen molar-refractivity contribution in [3.05, 3.63) is 59.2 Å². The molecule has 6 heteroatoms. The molecule has 5 nitrogen and oxygen atoms in total. The van der Waals surface area contributed by atoms with Gasteiger partial charge in [0.2, 0.25) is 0 Å². The van der Waals surface area contributed by atoms with E-state index in [4.69, 9.17) is 4.98 Å². The van der Waals surface area contributed by atoms with E-state index in [-0.39, 0.29) is 17.9 Å². The third kappa shape index (κ3) is 3.72. The summed E-state index contributed by atoms with van der Waals surface area (Å²) in [5, 5.41) is 0. The SMILES string of the molecule is Cc1cccc(F)c1[C@@H]1CCC[C@H](c2nc3cccc(N4CCN(C)CC4)c3[nH]2)N1C. The summed E-state index contributed by atoms with van der Waals surface area (Å²) in [5.41, 5.74) is 5.25. The minimum atomic E-state index is -0.0977. The molecule has 0 spiro atoms. The minimum absolute atomic E-state index is 0.0743. The number of piperidine rings is 1. The van der Waals surface area contributed by atoms with Gasteiger partial charge in [-0.05, 0) is 64.0 Å². The molecule has 2 aromatic carbocycles. The highest BCUT2D eigenvalue weighted by molar-refractivity contribution is 5.89. The molecule has 0 amide bonds. The molecule has 164 valence electrons. The van der Waals surface area contributed by atoms with Crippen molar-refractivity contribution in [2.24, 2.45) is 0 Å². The van der Waals surface area contributed by atoms with Crippen LogP contribution in [0.15, 0.2) is 36.4 Å². The molecular weight excluding hydrogens is 389 g/mol. The van der Waals surface area contributed by atoms with Crippen LogP contribution < -0.4 is 4.90 Å². The van der Waals surface area contributed by atoms with Gasteiger partial charge < -0.3 is 14.8 Å². The second kappa shape index (κ2) is 8.24. The number of hydrogen-bond acceptors (Lipinski definition) is 4. The van der Waals surface area contributed by atoms with Gasteiger partial charge in [0, 0.05) is 37.8 Å². The molecule has 1 N–H and O–H groups in total. The summed E-state index contributed by atoms with van der Waals surface area (Å²) in [4.78, 5) is 15.8. The van der Waals surface area contributed by atoms with Crippen LogP contribution in [-0.4, -0.2) is 60.0 Å². The Bertz CT molecular complexity index is 1050. The highest BCUT2D eigenvalue weighted by Crippen LogP contribution is 2.42. The average Bonchev–Trinajstić information content (AvgIpc) is 3.19. The smallest absolute Gasteiger partial charge is 0.128 e. The molecule has 0 bridgehead atoms. The van der Waals surface area contributed by atoms with E-state index >= 15 is 0 Å². The molecule has 3 heterocycles. The van der Waals surface area contributed by atoms with Gasteiger partial charge in [0.25, 0.3) is 0 Å². The van der Waals surface area contributed by atoms with Crippen LogP contribution in [0.4, 0.5) is 10.1 Å². The highest BCUT2D eigenvalue weighted by Gasteiger charge is 2.33. The summed E-state index contributed by atoms with van der Waals surface area (Å²) in [7, 11) is 4.30. The molecule has 0 unspecified atom stereocenters. The van der Waals surface area contributed by atoms with Gasteiger partial charge in [0.05, 0.1) is 22.8 Å². The molecule has 2 fully saturated rings. The molecule has 2 atom stereocenters. The summed E-state index contributed by atoms with van der Waals surface area (Å²) >= 11 is 0. The molecule has 31 heavy (non-hydrogen) atoms. The van der Waals surface area contributed by atoms with Crippen molar-refractivity contribution >= 4 is 16.7 Å². The number of anilines is 1. The Balaban J connectivity index is 1.47. The summed E-state index contributed by atoms with van der Waals surface area (Å²) in [5.74, 6) is 0.900. The number of fused-ring (bicyclic) bond motifs is 1. The number of nitrogens with zero attached hydrogens (tertiary/aromatic N) is 4. The zero-order valence-electron chi connectivity index (χ0n) is 18.7. The third-order valence-electron chi connectivity index (χ3n) is 7.22. The molecule has 2 aliphatic heterocycles. The van der Waals surface area contributed by atoms with Gasteiger partial charge in [-0.3, -0.25) is 4.90 Å². The van der Waals surface area contributed by atoms with Crippen molar-refractivity contribution in [2.75, 3.05) is 45.2 Å². The lowest BCUT2D eigenvalue weighted by atomic mass is 9.88. The Morgan fingerprint density at radius 2 is 1.71 bits per heavy atom. The van der Waals surface area contributed by atoms with Gasteiger partial charge >= 0.3 is 0 Å². The molecule has 1 aromatic heterocycles. The first kappa shape index (κ1) is 20.5. The molecule has 5 rings (SSSR count). The second-order valence-electron chi connectivity index (χ2n) is 9.18. The van der Waals surface area contributed by atoms with Crippen molar-refractivity contribution in [3.8, 4) is 0 Å². The van der Waals surface area contributed by atoms with Crippen molar-refractivity contribution < 1.29 is 4.39 Å². The van der Waals surface area contributed by atoms with E-state index in [1.807, 2.05) is 13.0 Å². The zero-order valence-corrected chi connectivity index (χ0v) is 18.7. The van der Waals surface area contributed by atoms with E-state index in [2.05, 4.69) is 52.0 Å². The minimum Gasteiger partial charge on any atom is -0.367 e. The maximum absolute atomic E-state index is 14.7. The number of hydrogen-bond donors (Lipinski definition) is 1. The maximum atomic E-state index is 14.7. The van der Waals surface area contributed by atoms with Crippen LogP contribution in [0.3, 0.4) is 0 Å². The first-order valence-electron chi connectivity index (χ1n) is 11.4. The molecule has 2 saturated heterocycles. The van der Waals surface area contributed by atoms with E-state index in [1.165, 1.54) is 5.69 Å². The van der Waals surface area contributed by atoms with E-state index in [0.29, 0.717) is 0 Å². The number of nitrogens with one attached hydrogen (secondary N) is 1. The average molecular weight is 422 g/mol. The number of benzene rings is 2. The second-order valence-corrected chi connectivity index (χ2v) is 9.18. The number of likely N-dealkylation sites (tertiary alicyclic amines) is 1. The number of para-hydroxylation sites is 1. The monoisotopic (exact) mass is 421 g/mol. The topological polar surface area (TPSA) is 38.4 Å². The Morgan fingerprint density at radius 1 is 0.968 bits per heavy atom. The van der Waals surface area contributed by atoms with Crippen molar-refractivity contribution in [2.45, 2.75) is 38.3 Å². The zero-order chi connectivity index (χ0) is 21.5. The van der Waals surface area contributed by atoms with Crippen molar-refractivity contribution in [3.63, 3.8) is 0 Å². The third-order valence-corrected chi connectivity index (χ3v) is 7.22. The molecular formula is C25H32FN5. The summed E-state index contributed by atoms with van der Waals surface area (Å²) in [6.45, 7) is 6.22. The fourth-order valence-corrected chi connectivity index (χ4v) is 5.38. The van der Waals surface area contributed by atoms with Crippen LogP contribution >= 0.6 is 0 Å². The standard InChI is InChI=1S/C25H32FN5/c1-17-7-4-8-18(26)23(17)20-10-6-12-22(30(20)3)25-27-19-9-5-11-21(24(19)28-25)31-15-13-29(2)14-16-31/h4-5,7-9,11,20,22H,6,10,12-16H2,1-3H3,(H,27,28)/t20-,22+/m0/s1. The Morgan fingerprint density at radius 3 is 2.48 bits per heavy atom. The fraction of sp³-hybridized carbons (Fsp3) is 0.480. The summed E-state index contributed by atoms with van der Waals surface area (Å²) in [6, 6.07) is 12.0. The highest BCUT2D eigenvalue weighted by atomic mass is 19.1. The van der Waals surface area contributed by atoms with Crippen molar-refractivity contribution in [1.82, 2.24) is 19.8 Å². The number of aryl methyl sites for hydroxylation is 1. The molecule has 2 aliphatic rings. The number of imidazole rings is 1. The Labute approximate surface area is 183 Å². The fourth-order valence-electron chi connectivity index (χ4n) is 5.38. The number of halogens is 1. The van der Waals surface area contributed by atoms with Crippen LogP contribution in [-0.2, 0) is 0 Å². The number of aromatic nitrogens is 2. The van der Waals surface area contributed by atoms with Gasteiger partial charge in [-0.15, -0.1) is 0 Å². The quantitative estimate of drug-likeness (QED) is 0.668. The van der Waals surface area contributed by atoms with E-state index in [0.717, 1.165) is 73.4 Å². The number of rotatable bonds is 3. The number of H-pyrrole nitrogens is 1. The van der Waals surface area contributed by atoms with Gasteiger partial charge in [0.1, 0.15) is 11.6 Å². The lowest BCUT2D eigenvalue weighted by Gasteiger charge is -2.39. The van der Waals surface area contributed by atoms with Crippen molar-refractivity contribution in [1.29, 1.82) is 0 Å².